The van der Waals surface area contributed by atoms with E-state index in [1.54, 1.807) is 0 Å². The molecule has 0 spiro atoms. The number of ether oxygens (including phenoxy) is 1. The summed E-state index contributed by atoms with van der Waals surface area (Å²) in [5.74, 6) is 0.0468. The molecule has 2 atom stereocenters. The second kappa shape index (κ2) is 8.28. The molecule has 1 aromatic carbocycles. The number of aliphatic hydroxyl groups excluding tert-OH is 1. The molecular weight excluding hydrogens is 398 g/mol. The van der Waals surface area contributed by atoms with Crippen LogP contribution < -0.4 is 0 Å². The van der Waals surface area contributed by atoms with Crippen LogP contribution in [0.5, 0.6) is 0 Å². The standard InChI is InChI=1S/C27H35N3O2/c1-8-18(3)32-13-12-20-10-9-11-21-25(20)28-30-16-24(27(5,6)7)29-15-22(19(4)31)17(2)14-23(29)26(21)30/h9-11,14-15,18,24,31H,2,4,8,12-13,16H2,1,3,5-7H3. The summed E-state index contributed by atoms with van der Waals surface area (Å²) in [6, 6.07) is 6.59. The summed E-state index contributed by atoms with van der Waals surface area (Å²) in [6.07, 6.45) is 6.18. The summed E-state index contributed by atoms with van der Waals surface area (Å²) in [5.41, 5.74) is 5.87. The van der Waals surface area contributed by atoms with Crippen molar-refractivity contribution in [3.63, 3.8) is 0 Å². The zero-order chi connectivity index (χ0) is 23.2. The monoisotopic (exact) mass is 433 g/mol. The van der Waals surface area contributed by atoms with E-state index in [1.807, 2.05) is 6.20 Å². The Hall–Kier alpha value is -2.79. The van der Waals surface area contributed by atoms with Gasteiger partial charge < -0.3 is 14.7 Å². The molecule has 0 bridgehead atoms. The van der Waals surface area contributed by atoms with E-state index in [0.717, 1.165) is 47.3 Å². The molecule has 2 aromatic rings. The summed E-state index contributed by atoms with van der Waals surface area (Å²) in [4.78, 5) is 2.28. The van der Waals surface area contributed by atoms with Gasteiger partial charge >= 0.3 is 0 Å². The first-order chi connectivity index (χ1) is 15.1. The molecule has 0 fully saturated rings. The Bertz CT molecular complexity index is 1130. The highest BCUT2D eigenvalue weighted by Crippen LogP contribution is 2.43. The van der Waals surface area contributed by atoms with E-state index >= 15 is 0 Å². The van der Waals surface area contributed by atoms with Gasteiger partial charge in [0.15, 0.2) is 0 Å². The van der Waals surface area contributed by atoms with Crippen molar-refractivity contribution in [2.24, 2.45) is 5.41 Å². The van der Waals surface area contributed by atoms with Crippen LogP contribution in [0.2, 0.25) is 0 Å². The van der Waals surface area contributed by atoms with E-state index in [2.05, 4.69) is 81.6 Å². The van der Waals surface area contributed by atoms with E-state index in [-0.39, 0.29) is 23.3 Å². The highest BCUT2D eigenvalue weighted by Gasteiger charge is 2.39. The molecule has 3 heterocycles. The van der Waals surface area contributed by atoms with Crippen molar-refractivity contribution in [1.82, 2.24) is 14.7 Å². The smallest absolute Gasteiger partial charge is 0.117 e. The molecule has 2 aliphatic heterocycles. The molecule has 32 heavy (non-hydrogen) atoms. The molecule has 2 unspecified atom stereocenters. The second-order valence-electron chi connectivity index (χ2n) is 10.0. The highest BCUT2D eigenvalue weighted by molar-refractivity contribution is 5.94. The number of allylic oxidation sites excluding steroid dienone is 2. The third kappa shape index (κ3) is 3.90. The molecule has 0 radical (unpaired) electrons. The van der Waals surface area contributed by atoms with E-state index in [1.165, 1.54) is 5.56 Å². The van der Waals surface area contributed by atoms with Crippen molar-refractivity contribution < 1.29 is 9.84 Å². The van der Waals surface area contributed by atoms with E-state index in [9.17, 15) is 5.11 Å². The van der Waals surface area contributed by atoms with E-state index in [4.69, 9.17) is 9.84 Å². The molecule has 0 saturated carbocycles. The lowest BCUT2D eigenvalue weighted by molar-refractivity contribution is 0.0660. The van der Waals surface area contributed by atoms with Crippen molar-refractivity contribution in [3.05, 3.63) is 71.8 Å². The summed E-state index contributed by atoms with van der Waals surface area (Å²) < 4.78 is 8.09. The molecule has 0 saturated heterocycles. The zero-order valence-electron chi connectivity index (χ0n) is 20.0. The van der Waals surface area contributed by atoms with Gasteiger partial charge in [-0.2, -0.15) is 5.10 Å². The molecule has 5 heteroatoms. The van der Waals surface area contributed by atoms with Gasteiger partial charge in [-0.3, -0.25) is 4.68 Å². The lowest BCUT2D eigenvalue weighted by Gasteiger charge is -2.46. The predicted molar refractivity (Wildman–Crippen MR) is 131 cm³/mol. The Labute approximate surface area is 191 Å². The predicted octanol–water partition coefficient (Wildman–Crippen LogP) is 5.99. The molecule has 0 amide bonds. The lowest BCUT2D eigenvalue weighted by Crippen LogP contribution is -2.47. The first-order valence-electron chi connectivity index (χ1n) is 11.5. The molecule has 1 aromatic heterocycles. The number of aromatic nitrogens is 2. The fourth-order valence-corrected chi connectivity index (χ4v) is 4.56. The Morgan fingerprint density at radius 1 is 1.34 bits per heavy atom. The average Bonchev–Trinajstić information content (AvgIpc) is 3.11. The van der Waals surface area contributed by atoms with Crippen LogP contribution in [0.3, 0.4) is 0 Å². The Morgan fingerprint density at radius 3 is 2.75 bits per heavy atom. The number of benzene rings is 1. The highest BCUT2D eigenvalue weighted by atomic mass is 16.5. The van der Waals surface area contributed by atoms with Crippen LogP contribution in [0.4, 0.5) is 0 Å². The van der Waals surface area contributed by atoms with Crippen molar-refractivity contribution in [3.8, 4) is 0 Å². The molecule has 1 N–H and O–H groups in total. The normalized spacial score (nSPS) is 19.3. The maximum atomic E-state index is 10.1. The van der Waals surface area contributed by atoms with Gasteiger partial charge in [0.05, 0.1) is 42.2 Å². The third-order valence-electron chi connectivity index (χ3n) is 6.64. The number of hydrogen-bond donors (Lipinski definition) is 1. The molecule has 0 aliphatic carbocycles. The van der Waals surface area contributed by atoms with Gasteiger partial charge in [-0.05, 0) is 42.4 Å². The van der Waals surface area contributed by atoms with Crippen LogP contribution >= 0.6 is 0 Å². The van der Waals surface area contributed by atoms with Gasteiger partial charge in [0, 0.05) is 17.2 Å². The van der Waals surface area contributed by atoms with Crippen LogP contribution in [-0.2, 0) is 17.7 Å². The Kier molecular flexibility index (Phi) is 5.80. The summed E-state index contributed by atoms with van der Waals surface area (Å²) in [7, 11) is 0. The first-order valence-corrected chi connectivity index (χ1v) is 11.5. The molecule has 2 aliphatic rings. The molecular formula is C27H35N3O2. The van der Waals surface area contributed by atoms with Gasteiger partial charge in [-0.25, -0.2) is 0 Å². The summed E-state index contributed by atoms with van der Waals surface area (Å²) >= 11 is 0. The van der Waals surface area contributed by atoms with Crippen molar-refractivity contribution in [2.75, 3.05) is 6.61 Å². The number of nitrogens with zero attached hydrogens (tertiary/aromatic N) is 3. The number of aliphatic hydroxyl groups is 1. The van der Waals surface area contributed by atoms with Crippen molar-refractivity contribution in [1.29, 1.82) is 0 Å². The van der Waals surface area contributed by atoms with Gasteiger partial charge in [-0.15, -0.1) is 0 Å². The molecule has 5 nitrogen and oxygen atoms in total. The second-order valence-corrected chi connectivity index (χ2v) is 10.0. The first kappa shape index (κ1) is 22.4. The Morgan fingerprint density at radius 2 is 2.09 bits per heavy atom. The minimum absolute atomic E-state index is 0.00104. The van der Waals surface area contributed by atoms with Crippen LogP contribution in [0, 0.1) is 5.41 Å². The van der Waals surface area contributed by atoms with Gasteiger partial charge in [-0.1, -0.05) is 59.1 Å². The average molecular weight is 434 g/mol. The Balaban J connectivity index is 1.80. The largest absolute Gasteiger partial charge is 0.508 e. The minimum Gasteiger partial charge on any atom is -0.508 e. The maximum absolute atomic E-state index is 10.1. The molecule has 170 valence electrons. The zero-order valence-corrected chi connectivity index (χ0v) is 20.0. The number of fused-ring (bicyclic) bond motifs is 5. The van der Waals surface area contributed by atoms with Gasteiger partial charge in [0.2, 0.25) is 0 Å². The number of hydrogen-bond acceptors (Lipinski definition) is 4. The van der Waals surface area contributed by atoms with Crippen LogP contribution in [0.25, 0.3) is 16.6 Å². The van der Waals surface area contributed by atoms with Crippen molar-refractivity contribution in [2.45, 2.75) is 66.2 Å². The molecule has 4 rings (SSSR count). The fourth-order valence-electron chi connectivity index (χ4n) is 4.56. The van der Waals surface area contributed by atoms with E-state index < -0.39 is 0 Å². The van der Waals surface area contributed by atoms with Gasteiger partial charge in [0.25, 0.3) is 0 Å². The quantitative estimate of drug-likeness (QED) is 0.569. The van der Waals surface area contributed by atoms with Crippen LogP contribution in [0.1, 0.15) is 52.3 Å². The number of rotatable bonds is 6. The van der Waals surface area contributed by atoms with Gasteiger partial charge in [0.1, 0.15) is 5.76 Å². The lowest BCUT2D eigenvalue weighted by atomic mass is 9.82. The van der Waals surface area contributed by atoms with Crippen molar-refractivity contribution >= 4 is 16.6 Å². The minimum atomic E-state index is -0.00104. The van der Waals surface area contributed by atoms with Crippen LogP contribution in [0.15, 0.2) is 60.5 Å². The maximum Gasteiger partial charge on any atom is 0.117 e. The van der Waals surface area contributed by atoms with E-state index in [0.29, 0.717) is 12.2 Å². The third-order valence-corrected chi connectivity index (χ3v) is 6.64. The fraction of sp³-hybridized carbons (Fsp3) is 0.444. The summed E-state index contributed by atoms with van der Waals surface area (Å²) in [5, 5.41) is 16.3. The summed E-state index contributed by atoms with van der Waals surface area (Å²) in [6.45, 7) is 20.4. The van der Waals surface area contributed by atoms with Crippen LogP contribution in [-0.4, -0.2) is 38.5 Å². The SMILES string of the molecule is C=C(O)C1=CN2C(=CC1=C)c1c3cccc(CCOC(C)CC)c3nn1CC2C(C)(C)C. The topological polar surface area (TPSA) is 50.5 Å².